The first kappa shape index (κ1) is 12.9. The minimum absolute atomic E-state index is 0.404. The zero-order valence-electron chi connectivity index (χ0n) is 10.8. The predicted molar refractivity (Wildman–Crippen MR) is 76.6 cm³/mol. The van der Waals surface area contributed by atoms with Crippen molar-refractivity contribution in [1.29, 1.82) is 0 Å². The normalized spacial score (nSPS) is 26.2. The van der Waals surface area contributed by atoms with Gasteiger partial charge in [-0.25, -0.2) is 0 Å². The Morgan fingerprint density at radius 2 is 2.28 bits per heavy atom. The third-order valence-corrected chi connectivity index (χ3v) is 5.66. The van der Waals surface area contributed by atoms with Crippen molar-refractivity contribution in [2.45, 2.75) is 38.6 Å². The largest absolute Gasteiger partial charge is 0.381 e. The number of rotatable bonds is 3. The second-order valence-electron chi connectivity index (χ2n) is 5.82. The van der Waals surface area contributed by atoms with Crippen LogP contribution in [-0.4, -0.2) is 19.8 Å². The minimum atomic E-state index is 0.404. The number of thiophene rings is 1. The first-order chi connectivity index (χ1) is 8.66. The van der Waals surface area contributed by atoms with Gasteiger partial charge in [0.15, 0.2) is 0 Å². The Kier molecular flexibility index (Phi) is 3.68. The maximum atomic E-state index is 6.09. The third kappa shape index (κ3) is 2.60. The fourth-order valence-electron chi connectivity index (χ4n) is 2.95. The molecule has 2 aliphatic rings. The van der Waals surface area contributed by atoms with Crippen LogP contribution in [-0.2, 0) is 11.2 Å². The molecule has 1 saturated heterocycles. The zero-order valence-corrected chi connectivity index (χ0v) is 12.4. The lowest BCUT2D eigenvalue weighted by molar-refractivity contribution is 0.0229. The zero-order chi connectivity index (χ0) is 12.6. The average Bonchev–Trinajstić information content (AvgIpc) is 2.87. The van der Waals surface area contributed by atoms with Crippen molar-refractivity contribution >= 4 is 22.9 Å². The molecule has 1 aliphatic carbocycles. The lowest BCUT2D eigenvalue weighted by Gasteiger charge is -2.34. The van der Waals surface area contributed by atoms with Gasteiger partial charge < -0.3 is 10.1 Å². The van der Waals surface area contributed by atoms with E-state index in [0.29, 0.717) is 11.5 Å². The van der Waals surface area contributed by atoms with E-state index in [4.69, 9.17) is 16.3 Å². The van der Waals surface area contributed by atoms with Crippen molar-refractivity contribution in [3.8, 4) is 0 Å². The Bertz CT molecular complexity index is 425. The van der Waals surface area contributed by atoms with E-state index in [9.17, 15) is 0 Å². The Morgan fingerprint density at radius 1 is 1.50 bits per heavy atom. The monoisotopic (exact) mass is 285 g/mol. The van der Waals surface area contributed by atoms with Gasteiger partial charge in [0.05, 0.1) is 4.34 Å². The summed E-state index contributed by atoms with van der Waals surface area (Å²) in [6.07, 6.45) is 4.75. The van der Waals surface area contributed by atoms with Crippen molar-refractivity contribution in [3.05, 3.63) is 20.8 Å². The van der Waals surface area contributed by atoms with Crippen LogP contribution in [0.5, 0.6) is 0 Å². The van der Waals surface area contributed by atoms with Crippen LogP contribution < -0.4 is 5.32 Å². The molecule has 3 rings (SSSR count). The lowest BCUT2D eigenvalue weighted by atomic mass is 9.82. The first-order valence-electron chi connectivity index (χ1n) is 6.76. The molecule has 1 N–H and O–H groups in total. The molecule has 1 aromatic rings. The first-order valence-corrected chi connectivity index (χ1v) is 7.95. The molecule has 1 aromatic heterocycles. The van der Waals surface area contributed by atoms with E-state index in [1.54, 1.807) is 11.3 Å². The molecule has 1 fully saturated rings. The summed E-state index contributed by atoms with van der Waals surface area (Å²) in [6.45, 7) is 5.30. The van der Waals surface area contributed by atoms with Crippen LogP contribution in [0.15, 0.2) is 6.07 Å². The standard InChI is InChI=1S/C14H20ClNOS/c1-14(4-6-17-7-5-14)9-16-11-2-3-12-10(11)8-13(15)18-12/h8,11,16H,2-7,9H2,1H3. The van der Waals surface area contributed by atoms with Crippen LogP contribution in [0.1, 0.15) is 42.7 Å². The van der Waals surface area contributed by atoms with Gasteiger partial charge in [-0.3, -0.25) is 0 Å². The molecule has 0 aromatic carbocycles. The van der Waals surface area contributed by atoms with E-state index in [1.165, 1.54) is 36.1 Å². The highest BCUT2D eigenvalue weighted by Gasteiger charge is 2.30. The molecule has 18 heavy (non-hydrogen) atoms. The van der Waals surface area contributed by atoms with Crippen LogP contribution in [0.4, 0.5) is 0 Å². The van der Waals surface area contributed by atoms with Crippen molar-refractivity contribution in [1.82, 2.24) is 5.32 Å². The molecule has 0 saturated carbocycles. The summed E-state index contributed by atoms with van der Waals surface area (Å²) >= 11 is 7.84. The number of ether oxygens (including phenoxy) is 1. The summed E-state index contributed by atoms with van der Waals surface area (Å²) in [6, 6.07) is 2.67. The van der Waals surface area contributed by atoms with Crippen LogP contribution >= 0.6 is 22.9 Å². The second-order valence-corrected chi connectivity index (χ2v) is 7.59. The average molecular weight is 286 g/mol. The van der Waals surface area contributed by atoms with Gasteiger partial charge in [-0.2, -0.15) is 0 Å². The molecule has 100 valence electrons. The topological polar surface area (TPSA) is 21.3 Å². The SMILES string of the molecule is CC1(CNC2CCc3sc(Cl)cc32)CCOCC1. The van der Waals surface area contributed by atoms with Crippen LogP contribution in [0, 0.1) is 5.41 Å². The maximum Gasteiger partial charge on any atom is 0.0934 e. The predicted octanol–water partition coefficient (Wildman–Crippen LogP) is 3.80. The Hall–Kier alpha value is -0.0900. The van der Waals surface area contributed by atoms with Gasteiger partial charge in [0.1, 0.15) is 0 Å². The fraction of sp³-hybridized carbons (Fsp3) is 0.714. The summed E-state index contributed by atoms with van der Waals surface area (Å²) in [4.78, 5) is 1.48. The highest BCUT2D eigenvalue weighted by Crippen LogP contribution is 2.40. The van der Waals surface area contributed by atoms with Crippen LogP contribution in [0.25, 0.3) is 0 Å². The van der Waals surface area contributed by atoms with Crippen molar-refractivity contribution < 1.29 is 4.74 Å². The van der Waals surface area contributed by atoms with Crippen LogP contribution in [0.2, 0.25) is 4.34 Å². The number of aryl methyl sites for hydroxylation is 1. The van der Waals surface area contributed by atoms with E-state index in [1.807, 2.05) is 0 Å². The van der Waals surface area contributed by atoms with E-state index in [-0.39, 0.29) is 0 Å². The van der Waals surface area contributed by atoms with Gasteiger partial charge in [-0.15, -0.1) is 11.3 Å². The minimum Gasteiger partial charge on any atom is -0.381 e. The van der Waals surface area contributed by atoms with Gasteiger partial charge in [0.25, 0.3) is 0 Å². The van der Waals surface area contributed by atoms with E-state index in [0.717, 1.165) is 24.1 Å². The number of hydrogen-bond donors (Lipinski definition) is 1. The number of hydrogen-bond acceptors (Lipinski definition) is 3. The van der Waals surface area contributed by atoms with Gasteiger partial charge in [0, 0.05) is 30.7 Å². The molecular formula is C14H20ClNOS. The highest BCUT2D eigenvalue weighted by molar-refractivity contribution is 7.16. The quantitative estimate of drug-likeness (QED) is 0.912. The van der Waals surface area contributed by atoms with Crippen molar-refractivity contribution in [2.75, 3.05) is 19.8 Å². The number of nitrogens with one attached hydrogen (secondary N) is 1. The summed E-state index contributed by atoms with van der Waals surface area (Å²) < 4.78 is 6.39. The summed E-state index contributed by atoms with van der Waals surface area (Å²) in [5.41, 5.74) is 1.85. The molecule has 4 heteroatoms. The molecule has 1 unspecified atom stereocenters. The molecule has 1 atom stereocenters. The third-order valence-electron chi connectivity index (χ3n) is 4.32. The van der Waals surface area contributed by atoms with Gasteiger partial charge in [0.2, 0.25) is 0 Å². The molecule has 0 amide bonds. The molecule has 1 aliphatic heterocycles. The number of fused-ring (bicyclic) bond motifs is 1. The molecule has 0 bridgehead atoms. The molecular weight excluding hydrogens is 266 g/mol. The molecule has 0 spiro atoms. The van der Waals surface area contributed by atoms with Crippen LogP contribution in [0.3, 0.4) is 0 Å². The molecule has 2 heterocycles. The fourth-order valence-corrected chi connectivity index (χ4v) is 4.31. The summed E-state index contributed by atoms with van der Waals surface area (Å²) in [5, 5.41) is 3.75. The van der Waals surface area contributed by atoms with E-state index in [2.05, 4.69) is 18.3 Å². The smallest absolute Gasteiger partial charge is 0.0934 e. The van der Waals surface area contributed by atoms with Gasteiger partial charge in [-0.1, -0.05) is 18.5 Å². The van der Waals surface area contributed by atoms with E-state index < -0.39 is 0 Å². The summed E-state index contributed by atoms with van der Waals surface area (Å²) in [5.74, 6) is 0. The maximum absolute atomic E-state index is 6.09. The van der Waals surface area contributed by atoms with Crippen molar-refractivity contribution in [2.24, 2.45) is 5.41 Å². The number of halogens is 1. The summed E-state index contributed by atoms with van der Waals surface area (Å²) in [7, 11) is 0. The van der Waals surface area contributed by atoms with E-state index >= 15 is 0 Å². The van der Waals surface area contributed by atoms with Crippen molar-refractivity contribution in [3.63, 3.8) is 0 Å². The van der Waals surface area contributed by atoms with Gasteiger partial charge in [-0.05, 0) is 42.7 Å². The Balaban J connectivity index is 1.61. The second kappa shape index (κ2) is 5.12. The Morgan fingerprint density at radius 3 is 3.06 bits per heavy atom. The molecule has 2 nitrogen and oxygen atoms in total. The Labute approximate surface area is 118 Å². The molecule has 0 radical (unpaired) electrons. The van der Waals surface area contributed by atoms with Gasteiger partial charge >= 0.3 is 0 Å². The highest BCUT2D eigenvalue weighted by atomic mass is 35.5. The lowest BCUT2D eigenvalue weighted by Crippen LogP contribution is -2.37.